The van der Waals surface area contributed by atoms with Crippen molar-refractivity contribution in [2.24, 2.45) is 11.8 Å². The van der Waals surface area contributed by atoms with Gasteiger partial charge in [0, 0.05) is 25.0 Å². The lowest BCUT2D eigenvalue weighted by Gasteiger charge is -2.19. The zero-order chi connectivity index (χ0) is 13.5. The Morgan fingerprint density at radius 1 is 1.30 bits per heavy atom. The molecule has 0 bridgehead atoms. The van der Waals surface area contributed by atoms with Crippen molar-refractivity contribution in [1.29, 1.82) is 0 Å². The Balaban J connectivity index is 1.67. The van der Waals surface area contributed by atoms with E-state index in [0.29, 0.717) is 6.04 Å². The monoisotopic (exact) mass is 271 g/mol. The summed E-state index contributed by atoms with van der Waals surface area (Å²) in [6.07, 6.45) is 11.3. The molecule has 2 fully saturated rings. The SMILES string of the molecule is CCNc1cn2ccnc2c(NC(C2CC2)C2CC2)n1. The smallest absolute Gasteiger partial charge is 0.180 e. The molecule has 2 heterocycles. The van der Waals surface area contributed by atoms with Crippen LogP contribution in [0.4, 0.5) is 11.6 Å². The maximum Gasteiger partial charge on any atom is 0.180 e. The summed E-state index contributed by atoms with van der Waals surface area (Å²) in [7, 11) is 0. The van der Waals surface area contributed by atoms with Gasteiger partial charge in [-0.1, -0.05) is 0 Å². The highest BCUT2D eigenvalue weighted by Crippen LogP contribution is 2.46. The molecule has 0 aromatic carbocycles. The van der Waals surface area contributed by atoms with Crippen molar-refractivity contribution in [2.75, 3.05) is 17.2 Å². The number of nitrogens with one attached hydrogen (secondary N) is 2. The molecule has 2 aliphatic carbocycles. The molecule has 2 aromatic heterocycles. The number of hydrogen-bond acceptors (Lipinski definition) is 4. The van der Waals surface area contributed by atoms with Crippen LogP contribution in [0.15, 0.2) is 18.6 Å². The molecule has 0 aliphatic heterocycles. The van der Waals surface area contributed by atoms with Crippen molar-refractivity contribution in [1.82, 2.24) is 14.4 Å². The van der Waals surface area contributed by atoms with E-state index < -0.39 is 0 Å². The van der Waals surface area contributed by atoms with Crippen molar-refractivity contribution in [2.45, 2.75) is 38.6 Å². The molecule has 0 spiro atoms. The minimum Gasteiger partial charge on any atom is -0.369 e. The van der Waals surface area contributed by atoms with Gasteiger partial charge < -0.3 is 15.0 Å². The molecule has 0 amide bonds. The molecule has 0 saturated heterocycles. The first-order valence-electron chi connectivity index (χ1n) is 7.69. The van der Waals surface area contributed by atoms with Crippen molar-refractivity contribution in [3.05, 3.63) is 18.6 Å². The summed E-state index contributed by atoms with van der Waals surface area (Å²) in [6.45, 7) is 2.96. The first-order valence-corrected chi connectivity index (χ1v) is 7.69. The topological polar surface area (TPSA) is 54.2 Å². The van der Waals surface area contributed by atoms with Crippen LogP contribution in [0.1, 0.15) is 32.6 Å². The number of hydrogen-bond donors (Lipinski definition) is 2. The number of anilines is 2. The second-order valence-electron chi connectivity index (χ2n) is 6.01. The minimum absolute atomic E-state index is 0.597. The van der Waals surface area contributed by atoms with Gasteiger partial charge >= 0.3 is 0 Å². The maximum absolute atomic E-state index is 4.72. The van der Waals surface area contributed by atoms with Gasteiger partial charge in [0.1, 0.15) is 5.82 Å². The standard InChI is InChI=1S/C15H21N5/c1-2-16-12-9-20-8-7-17-15(20)14(18-12)19-13(10-3-4-10)11-5-6-11/h7-11,13,16H,2-6H2,1H3,(H,18,19). The average Bonchev–Trinajstić information content (AvgIpc) is 3.35. The molecule has 106 valence electrons. The van der Waals surface area contributed by atoms with E-state index in [1.165, 1.54) is 25.7 Å². The first-order chi connectivity index (χ1) is 9.85. The van der Waals surface area contributed by atoms with Gasteiger partial charge in [0.05, 0.1) is 6.20 Å². The van der Waals surface area contributed by atoms with Gasteiger partial charge in [0.15, 0.2) is 11.5 Å². The molecule has 20 heavy (non-hydrogen) atoms. The summed E-state index contributed by atoms with van der Waals surface area (Å²) in [5.74, 6) is 3.53. The van der Waals surface area contributed by atoms with E-state index in [1.54, 1.807) is 0 Å². The first kappa shape index (κ1) is 12.0. The van der Waals surface area contributed by atoms with Gasteiger partial charge in [-0.05, 0) is 44.4 Å². The second-order valence-corrected chi connectivity index (χ2v) is 6.01. The fraction of sp³-hybridized carbons (Fsp3) is 0.600. The lowest BCUT2D eigenvalue weighted by atomic mass is 10.1. The van der Waals surface area contributed by atoms with Gasteiger partial charge in [-0.25, -0.2) is 9.97 Å². The van der Waals surface area contributed by atoms with Crippen LogP contribution >= 0.6 is 0 Å². The van der Waals surface area contributed by atoms with Crippen LogP contribution in [-0.2, 0) is 0 Å². The third kappa shape index (κ3) is 2.21. The van der Waals surface area contributed by atoms with E-state index in [1.807, 2.05) is 23.0 Å². The molecule has 2 aromatic rings. The summed E-state index contributed by atoms with van der Waals surface area (Å²) in [5.41, 5.74) is 0.929. The molecule has 5 heteroatoms. The highest BCUT2D eigenvalue weighted by atomic mass is 15.2. The van der Waals surface area contributed by atoms with Crippen LogP contribution in [0.2, 0.25) is 0 Å². The summed E-state index contributed by atoms with van der Waals surface area (Å²) < 4.78 is 2.05. The fourth-order valence-electron chi connectivity index (χ4n) is 2.98. The number of aromatic nitrogens is 3. The maximum atomic E-state index is 4.72. The Kier molecular flexibility index (Phi) is 2.79. The quantitative estimate of drug-likeness (QED) is 0.848. The zero-order valence-corrected chi connectivity index (χ0v) is 11.8. The van der Waals surface area contributed by atoms with Gasteiger partial charge in [0.2, 0.25) is 0 Å². The average molecular weight is 271 g/mol. The fourth-order valence-corrected chi connectivity index (χ4v) is 2.98. The third-order valence-electron chi connectivity index (χ3n) is 4.30. The van der Waals surface area contributed by atoms with Gasteiger partial charge in [-0.3, -0.25) is 0 Å². The van der Waals surface area contributed by atoms with Crippen molar-refractivity contribution >= 4 is 17.3 Å². The van der Waals surface area contributed by atoms with Gasteiger partial charge in [-0.2, -0.15) is 0 Å². The minimum atomic E-state index is 0.597. The predicted octanol–water partition coefficient (Wildman–Crippen LogP) is 2.76. The molecule has 2 saturated carbocycles. The molecule has 5 nitrogen and oxygen atoms in total. The van der Waals surface area contributed by atoms with Crippen LogP contribution < -0.4 is 10.6 Å². The van der Waals surface area contributed by atoms with E-state index in [4.69, 9.17) is 4.98 Å². The Morgan fingerprint density at radius 2 is 2.05 bits per heavy atom. The number of fused-ring (bicyclic) bond motifs is 1. The molecule has 0 radical (unpaired) electrons. The van der Waals surface area contributed by atoms with Crippen LogP contribution in [0, 0.1) is 11.8 Å². The largest absolute Gasteiger partial charge is 0.369 e. The van der Waals surface area contributed by atoms with Crippen LogP contribution in [0.5, 0.6) is 0 Å². The Labute approximate surface area is 118 Å². The third-order valence-corrected chi connectivity index (χ3v) is 4.30. The van der Waals surface area contributed by atoms with Crippen molar-refractivity contribution < 1.29 is 0 Å². The van der Waals surface area contributed by atoms with Crippen LogP contribution in [0.3, 0.4) is 0 Å². The predicted molar refractivity (Wildman–Crippen MR) is 80.0 cm³/mol. The molecule has 4 rings (SSSR count). The number of imidazole rings is 1. The zero-order valence-electron chi connectivity index (χ0n) is 11.8. The van der Waals surface area contributed by atoms with Crippen molar-refractivity contribution in [3.8, 4) is 0 Å². The van der Waals surface area contributed by atoms with Gasteiger partial charge in [0.25, 0.3) is 0 Å². The van der Waals surface area contributed by atoms with E-state index >= 15 is 0 Å². The molecule has 2 aliphatic rings. The Bertz CT molecular complexity index is 600. The highest BCUT2D eigenvalue weighted by Gasteiger charge is 2.41. The van der Waals surface area contributed by atoms with E-state index in [2.05, 4.69) is 22.5 Å². The Morgan fingerprint density at radius 3 is 2.70 bits per heavy atom. The number of nitrogens with zero attached hydrogens (tertiary/aromatic N) is 3. The molecular weight excluding hydrogens is 250 g/mol. The highest BCUT2D eigenvalue weighted by molar-refractivity contribution is 5.66. The van der Waals surface area contributed by atoms with Crippen LogP contribution in [-0.4, -0.2) is 27.0 Å². The summed E-state index contributed by atoms with van der Waals surface area (Å²) in [5, 5.41) is 6.99. The van der Waals surface area contributed by atoms with E-state index in [9.17, 15) is 0 Å². The summed E-state index contributed by atoms with van der Waals surface area (Å²) >= 11 is 0. The molecule has 0 atom stereocenters. The molecule has 2 N–H and O–H groups in total. The van der Waals surface area contributed by atoms with Gasteiger partial charge in [-0.15, -0.1) is 0 Å². The molecule has 0 unspecified atom stereocenters. The lowest BCUT2D eigenvalue weighted by molar-refractivity contribution is 0.566. The summed E-state index contributed by atoms with van der Waals surface area (Å²) in [6, 6.07) is 0.597. The van der Waals surface area contributed by atoms with Crippen molar-refractivity contribution in [3.63, 3.8) is 0 Å². The lowest BCUT2D eigenvalue weighted by Crippen LogP contribution is -2.25. The second kappa shape index (κ2) is 4.65. The Hall–Kier alpha value is -1.78. The molecular formula is C15H21N5. The normalized spacial score (nSPS) is 18.7. The van der Waals surface area contributed by atoms with E-state index in [0.717, 1.165) is 35.7 Å². The number of rotatable bonds is 6. The van der Waals surface area contributed by atoms with Crippen LogP contribution in [0.25, 0.3) is 5.65 Å². The van der Waals surface area contributed by atoms with E-state index in [-0.39, 0.29) is 0 Å². The summed E-state index contributed by atoms with van der Waals surface area (Å²) in [4.78, 5) is 9.16.